The third kappa shape index (κ3) is 3.25. The molecule has 132 valence electrons. The van der Waals surface area contributed by atoms with Crippen LogP contribution in [-0.4, -0.2) is 34.1 Å². The summed E-state index contributed by atoms with van der Waals surface area (Å²) in [5, 5.41) is 0. The number of piperidine rings is 1. The van der Waals surface area contributed by atoms with E-state index >= 15 is 0 Å². The van der Waals surface area contributed by atoms with E-state index in [1.54, 1.807) is 12.1 Å². The Labute approximate surface area is 147 Å². The van der Waals surface area contributed by atoms with Crippen LogP contribution in [0.2, 0.25) is 0 Å². The molecule has 0 unspecified atom stereocenters. The first-order chi connectivity index (χ1) is 12.0. The number of rotatable bonds is 3. The fourth-order valence-corrected chi connectivity index (χ4v) is 4.42. The van der Waals surface area contributed by atoms with Gasteiger partial charge in [0, 0.05) is 49.4 Å². The molecule has 0 aromatic carbocycles. The first-order valence-corrected chi connectivity index (χ1v) is 9.08. The summed E-state index contributed by atoms with van der Waals surface area (Å²) in [6.45, 7) is 8.51. The van der Waals surface area contributed by atoms with Crippen molar-refractivity contribution in [3.63, 3.8) is 0 Å². The molecule has 2 atom stereocenters. The quantitative estimate of drug-likeness (QED) is 0.861. The Morgan fingerprint density at radius 1 is 1.24 bits per heavy atom. The molecule has 4 nitrogen and oxygen atoms in total. The second kappa shape index (κ2) is 6.37. The highest BCUT2D eigenvalue weighted by Crippen LogP contribution is 2.36. The van der Waals surface area contributed by atoms with Crippen LogP contribution in [0.1, 0.15) is 31.9 Å². The van der Waals surface area contributed by atoms with Crippen molar-refractivity contribution in [1.29, 1.82) is 0 Å². The van der Waals surface area contributed by atoms with Gasteiger partial charge in [-0.2, -0.15) is 0 Å². The van der Waals surface area contributed by atoms with Crippen LogP contribution in [-0.2, 0) is 6.54 Å². The molecule has 0 amide bonds. The monoisotopic (exact) mass is 341 g/mol. The Morgan fingerprint density at radius 3 is 2.80 bits per heavy atom. The molecule has 2 aliphatic rings. The average molecular weight is 341 g/mol. The van der Waals surface area contributed by atoms with E-state index in [0.717, 1.165) is 43.9 Å². The highest BCUT2D eigenvalue weighted by Gasteiger charge is 2.34. The van der Waals surface area contributed by atoms with E-state index in [4.69, 9.17) is 0 Å². The fraction of sp³-hybridized carbons (Fsp3) is 0.500. The fourth-order valence-electron chi connectivity index (χ4n) is 4.42. The molecule has 5 heteroatoms. The molecule has 0 N–H and O–H groups in total. The minimum atomic E-state index is -0.363. The number of aromatic nitrogens is 2. The van der Waals surface area contributed by atoms with Gasteiger partial charge >= 0.3 is 0 Å². The van der Waals surface area contributed by atoms with Crippen molar-refractivity contribution in [1.82, 2.24) is 14.5 Å². The van der Waals surface area contributed by atoms with Gasteiger partial charge < -0.3 is 9.47 Å². The highest BCUT2D eigenvalue weighted by molar-refractivity contribution is 5.59. The molecule has 2 aromatic rings. The molecule has 2 bridgehead atoms. The molecular formula is C20H24FN3O. The summed E-state index contributed by atoms with van der Waals surface area (Å²) in [5.41, 5.74) is 2.58. The highest BCUT2D eigenvalue weighted by atomic mass is 19.1. The number of fused-ring (bicyclic) bond motifs is 4. The SMILES string of the molecule is CC(C)CN1C[C@@H]2C[C@H](C1)c1cc(-c3ccc(F)cn3)cc(=O)n1C2. The number of halogens is 1. The lowest BCUT2D eigenvalue weighted by atomic mass is 9.82. The maximum absolute atomic E-state index is 13.1. The van der Waals surface area contributed by atoms with Crippen molar-refractivity contribution >= 4 is 0 Å². The van der Waals surface area contributed by atoms with E-state index in [9.17, 15) is 9.18 Å². The predicted molar refractivity (Wildman–Crippen MR) is 96.0 cm³/mol. The minimum Gasteiger partial charge on any atom is -0.312 e. The maximum Gasteiger partial charge on any atom is 0.251 e. The van der Waals surface area contributed by atoms with Crippen molar-refractivity contribution < 1.29 is 4.39 Å². The summed E-state index contributed by atoms with van der Waals surface area (Å²) in [7, 11) is 0. The Morgan fingerprint density at radius 2 is 2.08 bits per heavy atom. The smallest absolute Gasteiger partial charge is 0.251 e. The van der Waals surface area contributed by atoms with Crippen molar-refractivity contribution in [2.75, 3.05) is 19.6 Å². The van der Waals surface area contributed by atoms with Gasteiger partial charge in [0.25, 0.3) is 5.56 Å². The van der Waals surface area contributed by atoms with Gasteiger partial charge in [-0.05, 0) is 36.5 Å². The first-order valence-electron chi connectivity index (χ1n) is 9.08. The first kappa shape index (κ1) is 16.5. The van der Waals surface area contributed by atoms with Gasteiger partial charge in [0.05, 0.1) is 11.9 Å². The Kier molecular flexibility index (Phi) is 4.20. The molecule has 2 aliphatic heterocycles. The maximum atomic E-state index is 13.1. The minimum absolute atomic E-state index is 0.0330. The number of pyridine rings is 2. The molecule has 4 heterocycles. The molecule has 0 spiro atoms. The zero-order valence-electron chi connectivity index (χ0n) is 14.8. The summed E-state index contributed by atoms with van der Waals surface area (Å²) in [6.07, 6.45) is 2.35. The lowest BCUT2D eigenvalue weighted by molar-refractivity contribution is 0.109. The third-order valence-corrected chi connectivity index (χ3v) is 5.28. The van der Waals surface area contributed by atoms with Gasteiger partial charge in [-0.3, -0.25) is 9.78 Å². The van der Waals surface area contributed by atoms with Crippen LogP contribution in [0.3, 0.4) is 0 Å². The molecule has 0 radical (unpaired) electrons. The van der Waals surface area contributed by atoms with E-state index in [0.29, 0.717) is 23.4 Å². The second-order valence-corrected chi connectivity index (χ2v) is 7.89. The number of hydrogen-bond donors (Lipinski definition) is 0. The van der Waals surface area contributed by atoms with E-state index in [1.807, 2.05) is 4.57 Å². The van der Waals surface area contributed by atoms with Gasteiger partial charge in [-0.15, -0.1) is 0 Å². The Bertz CT molecular complexity index is 828. The van der Waals surface area contributed by atoms with E-state index in [2.05, 4.69) is 29.8 Å². The molecule has 1 fully saturated rings. The second-order valence-electron chi connectivity index (χ2n) is 7.89. The summed E-state index contributed by atoms with van der Waals surface area (Å²) >= 11 is 0. The summed E-state index contributed by atoms with van der Waals surface area (Å²) in [5.74, 6) is 1.23. The topological polar surface area (TPSA) is 38.1 Å². The molecule has 0 aliphatic carbocycles. The lowest BCUT2D eigenvalue weighted by Gasteiger charge is -2.43. The van der Waals surface area contributed by atoms with Crippen molar-refractivity contribution in [3.8, 4) is 11.3 Å². The van der Waals surface area contributed by atoms with E-state index in [1.165, 1.54) is 12.3 Å². The molecule has 0 saturated carbocycles. The lowest BCUT2D eigenvalue weighted by Crippen LogP contribution is -2.48. The van der Waals surface area contributed by atoms with Crippen LogP contribution in [0.4, 0.5) is 4.39 Å². The van der Waals surface area contributed by atoms with Crippen LogP contribution in [0, 0.1) is 17.7 Å². The van der Waals surface area contributed by atoms with Gasteiger partial charge in [-0.25, -0.2) is 4.39 Å². The number of likely N-dealkylation sites (tertiary alicyclic amines) is 1. The van der Waals surface area contributed by atoms with Gasteiger partial charge in [-0.1, -0.05) is 13.8 Å². The normalized spacial score (nSPS) is 22.9. The van der Waals surface area contributed by atoms with Crippen molar-refractivity contribution in [2.24, 2.45) is 11.8 Å². The molecule has 2 aromatic heterocycles. The van der Waals surface area contributed by atoms with E-state index in [-0.39, 0.29) is 11.4 Å². The Balaban J connectivity index is 1.70. The standard InChI is InChI=1S/C20H24FN3O/c1-13(2)9-23-10-14-5-16(12-23)19-6-15(7-20(25)24(19)11-14)18-4-3-17(21)8-22-18/h3-4,6-8,13-14,16H,5,9-12H2,1-2H3/t14-,16+/m0/s1. The number of hydrogen-bond acceptors (Lipinski definition) is 3. The van der Waals surface area contributed by atoms with Gasteiger partial charge in [0.1, 0.15) is 5.82 Å². The number of nitrogens with zero attached hydrogens (tertiary/aromatic N) is 3. The molecule has 1 saturated heterocycles. The summed E-state index contributed by atoms with van der Waals surface area (Å²) < 4.78 is 15.1. The predicted octanol–water partition coefficient (Wildman–Crippen LogP) is 3.12. The average Bonchev–Trinajstić information content (AvgIpc) is 2.55. The van der Waals surface area contributed by atoms with E-state index < -0.39 is 0 Å². The summed E-state index contributed by atoms with van der Waals surface area (Å²) in [6, 6.07) is 6.75. The van der Waals surface area contributed by atoms with Crippen LogP contribution >= 0.6 is 0 Å². The van der Waals surface area contributed by atoms with Crippen molar-refractivity contribution in [3.05, 3.63) is 52.3 Å². The van der Waals surface area contributed by atoms with Crippen molar-refractivity contribution in [2.45, 2.75) is 32.7 Å². The van der Waals surface area contributed by atoms with Crippen LogP contribution in [0.15, 0.2) is 35.3 Å². The third-order valence-electron chi connectivity index (χ3n) is 5.28. The van der Waals surface area contributed by atoms with Crippen LogP contribution < -0.4 is 5.56 Å². The molecule has 4 rings (SSSR count). The van der Waals surface area contributed by atoms with Crippen LogP contribution in [0.25, 0.3) is 11.3 Å². The zero-order valence-corrected chi connectivity index (χ0v) is 14.8. The Hall–Kier alpha value is -2.01. The zero-order chi connectivity index (χ0) is 17.6. The molecular weight excluding hydrogens is 317 g/mol. The largest absolute Gasteiger partial charge is 0.312 e. The van der Waals surface area contributed by atoms with Gasteiger partial charge in [0.2, 0.25) is 0 Å². The van der Waals surface area contributed by atoms with Crippen LogP contribution in [0.5, 0.6) is 0 Å². The molecule has 25 heavy (non-hydrogen) atoms. The summed E-state index contributed by atoms with van der Waals surface area (Å²) in [4.78, 5) is 19.3. The van der Waals surface area contributed by atoms with Gasteiger partial charge in [0.15, 0.2) is 0 Å².